The Hall–Kier alpha value is -3.57. The van der Waals surface area contributed by atoms with Crippen molar-refractivity contribution in [2.45, 2.75) is 16.7 Å². The number of carbonyl (C=O) groups excluding carboxylic acids is 2. The minimum Gasteiger partial charge on any atom is -0.274 e. The quantitative estimate of drug-likeness (QED) is 0.262. The lowest BCUT2D eigenvalue weighted by Gasteiger charge is -2.51. The van der Waals surface area contributed by atoms with Crippen molar-refractivity contribution in [3.8, 4) is 0 Å². The molecule has 8 rings (SSSR count). The highest BCUT2D eigenvalue weighted by atomic mass is 79.9. The zero-order chi connectivity index (χ0) is 23.7. The molecule has 1 aliphatic heterocycles. The molecule has 2 amide bonds. The average Bonchev–Trinajstić information content (AvgIpc) is 3.17. The summed E-state index contributed by atoms with van der Waals surface area (Å²) in [6.07, 6.45) is 4.34. The van der Waals surface area contributed by atoms with E-state index in [0.717, 1.165) is 34.2 Å². The van der Waals surface area contributed by atoms with Crippen molar-refractivity contribution < 1.29 is 9.59 Å². The molecule has 2 bridgehead atoms. The molecule has 2 heterocycles. The van der Waals surface area contributed by atoms with E-state index in [2.05, 4.69) is 45.2 Å². The van der Waals surface area contributed by atoms with Gasteiger partial charge in [-0.3, -0.25) is 14.6 Å². The Labute approximate surface area is 211 Å². The SMILES string of the molecule is O=C1[C@@H]2[C@@H](C(=O)N1c1ccc(Cc3ccncc3)cc1)C1c3ccccc3C2(Br)c2ccccc21. The number of imide groups is 1. The van der Waals surface area contributed by atoms with E-state index >= 15 is 0 Å². The molecule has 1 aromatic heterocycles. The molecule has 0 spiro atoms. The normalized spacial score (nSPS) is 25.9. The first kappa shape index (κ1) is 20.8. The molecule has 4 nitrogen and oxygen atoms in total. The maximum absolute atomic E-state index is 14.0. The molecule has 0 saturated carbocycles. The van der Waals surface area contributed by atoms with E-state index in [-0.39, 0.29) is 17.7 Å². The predicted molar refractivity (Wildman–Crippen MR) is 137 cm³/mol. The fourth-order valence-electron chi connectivity index (χ4n) is 6.43. The summed E-state index contributed by atoms with van der Waals surface area (Å²) in [7, 11) is 0. The van der Waals surface area contributed by atoms with E-state index in [1.54, 1.807) is 12.4 Å². The molecule has 170 valence electrons. The lowest BCUT2D eigenvalue weighted by atomic mass is 9.55. The highest BCUT2D eigenvalue weighted by molar-refractivity contribution is 9.09. The van der Waals surface area contributed by atoms with Crippen LogP contribution in [0.4, 0.5) is 5.69 Å². The molecule has 4 aliphatic rings. The van der Waals surface area contributed by atoms with E-state index in [9.17, 15) is 9.59 Å². The third kappa shape index (κ3) is 2.76. The van der Waals surface area contributed by atoms with Gasteiger partial charge in [-0.15, -0.1) is 0 Å². The lowest BCUT2D eigenvalue weighted by molar-refractivity contribution is -0.122. The smallest absolute Gasteiger partial charge is 0.239 e. The van der Waals surface area contributed by atoms with Crippen LogP contribution in [-0.2, 0) is 20.3 Å². The molecule has 1 fully saturated rings. The lowest BCUT2D eigenvalue weighted by Crippen LogP contribution is -2.50. The number of amides is 2. The van der Waals surface area contributed by atoms with E-state index < -0.39 is 16.2 Å². The summed E-state index contributed by atoms with van der Waals surface area (Å²) < 4.78 is -0.720. The topological polar surface area (TPSA) is 50.3 Å². The van der Waals surface area contributed by atoms with Gasteiger partial charge < -0.3 is 0 Å². The molecule has 0 radical (unpaired) electrons. The maximum Gasteiger partial charge on any atom is 0.239 e. The summed E-state index contributed by atoms with van der Waals surface area (Å²) in [4.78, 5) is 33.5. The minimum atomic E-state index is -0.720. The molecule has 4 aromatic rings. The van der Waals surface area contributed by atoms with Gasteiger partial charge in [0, 0.05) is 18.3 Å². The van der Waals surface area contributed by atoms with E-state index in [4.69, 9.17) is 0 Å². The summed E-state index contributed by atoms with van der Waals surface area (Å²) in [6.45, 7) is 0. The summed E-state index contributed by atoms with van der Waals surface area (Å²) in [5, 5.41) is 0. The second-order valence-corrected chi connectivity index (χ2v) is 10.8. The van der Waals surface area contributed by atoms with Gasteiger partial charge in [-0.2, -0.15) is 0 Å². The van der Waals surface area contributed by atoms with E-state index in [1.807, 2.05) is 60.7 Å². The number of alkyl halides is 1. The van der Waals surface area contributed by atoms with Crippen LogP contribution < -0.4 is 4.90 Å². The average molecular weight is 521 g/mol. The number of halogens is 1. The summed E-state index contributed by atoms with van der Waals surface area (Å²) >= 11 is 4.05. The van der Waals surface area contributed by atoms with Crippen molar-refractivity contribution in [3.63, 3.8) is 0 Å². The van der Waals surface area contributed by atoms with Crippen LogP contribution in [0.25, 0.3) is 0 Å². The molecule has 0 N–H and O–H groups in total. The third-order valence-corrected chi connectivity index (χ3v) is 9.21. The first-order valence-electron chi connectivity index (χ1n) is 11.8. The largest absolute Gasteiger partial charge is 0.274 e. The Kier molecular flexibility index (Phi) is 4.43. The second kappa shape index (κ2) is 7.46. The molecule has 35 heavy (non-hydrogen) atoms. The molecule has 1 saturated heterocycles. The summed E-state index contributed by atoms with van der Waals surface area (Å²) in [5.41, 5.74) is 7.39. The Balaban J connectivity index is 1.30. The number of nitrogens with zero attached hydrogens (tertiary/aromatic N) is 2. The number of hydrogen-bond acceptors (Lipinski definition) is 3. The van der Waals surface area contributed by atoms with Crippen LogP contribution >= 0.6 is 15.9 Å². The zero-order valence-electron chi connectivity index (χ0n) is 18.8. The molecular weight excluding hydrogens is 500 g/mol. The van der Waals surface area contributed by atoms with Crippen LogP contribution in [-0.4, -0.2) is 16.8 Å². The van der Waals surface area contributed by atoms with Gasteiger partial charge >= 0.3 is 0 Å². The number of pyridine rings is 1. The molecule has 0 unspecified atom stereocenters. The van der Waals surface area contributed by atoms with Gasteiger partial charge in [0.25, 0.3) is 0 Å². The van der Waals surface area contributed by atoms with Crippen molar-refractivity contribution in [2.75, 3.05) is 4.90 Å². The van der Waals surface area contributed by atoms with E-state index in [1.165, 1.54) is 10.5 Å². The molecule has 5 heteroatoms. The fraction of sp³-hybridized carbons (Fsp3) is 0.167. The van der Waals surface area contributed by atoms with Crippen LogP contribution in [0, 0.1) is 11.8 Å². The zero-order valence-corrected chi connectivity index (χ0v) is 20.4. The minimum absolute atomic E-state index is 0.111. The van der Waals surface area contributed by atoms with Crippen LogP contribution in [0.15, 0.2) is 97.3 Å². The first-order valence-corrected chi connectivity index (χ1v) is 12.6. The van der Waals surface area contributed by atoms with Crippen molar-refractivity contribution >= 4 is 33.4 Å². The van der Waals surface area contributed by atoms with Gasteiger partial charge in [-0.25, -0.2) is 4.90 Å². The van der Waals surface area contributed by atoms with Gasteiger partial charge in [-0.05, 0) is 64.1 Å². The number of benzene rings is 3. The maximum atomic E-state index is 14.0. The van der Waals surface area contributed by atoms with Crippen LogP contribution in [0.2, 0.25) is 0 Å². The van der Waals surface area contributed by atoms with Crippen LogP contribution in [0.1, 0.15) is 39.3 Å². The predicted octanol–water partition coefficient (Wildman–Crippen LogP) is 5.58. The number of aromatic nitrogens is 1. The first-order chi connectivity index (χ1) is 17.1. The summed E-state index contributed by atoms with van der Waals surface area (Å²) in [5.74, 6) is -1.28. The Morgan fingerprint density at radius 2 is 1.31 bits per heavy atom. The van der Waals surface area contributed by atoms with Gasteiger partial charge in [0.2, 0.25) is 11.8 Å². The molecule has 3 aliphatic carbocycles. The second-order valence-electron chi connectivity index (χ2n) is 9.58. The summed E-state index contributed by atoms with van der Waals surface area (Å²) in [6, 6.07) is 28.3. The Morgan fingerprint density at radius 1 is 0.743 bits per heavy atom. The number of rotatable bonds is 3. The highest BCUT2D eigenvalue weighted by Crippen LogP contribution is 2.66. The number of hydrogen-bond donors (Lipinski definition) is 0. The van der Waals surface area contributed by atoms with Crippen molar-refractivity contribution in [1.29, 1.82) is 0 Å². The van der Waals surface area contributed by atoms with Crippen molar-refractivity contribution in [1.82, 2.24) is 4.98 Å². The third-order valence-electron chi connectivity index (χ3n) is 7.87. The fourth-order valence-corrected chi connectivity index (χ4v) is 7.64. The Bertz CT molecular complexity index is 1450. The highest BCUT2D eigenvalue weighted by Gasteiger charge is 2.67. The molecular formula is C30H21BrN2O2. The van der Waals surface area contributed by atoms with Crippen molar-refractivity contribution in [2.24, 2.45) is 11.8 Å². The number of anilines is 1. The van der Waals surface area contributed by atoms with Crippen molar-refractivity contribution in [3.05, 3.63) is 131 Å². The Morgan fingerprint density at radius 3 is 1.94 bits per heavy atom. The molecule has 3 aromatic carbocycles. The van der Waals surface area contributed by atoms with E-state index in [0.29, 0.717) is 5.69 Å². The monoisotopic (exact) mass is 520 g/mol. The standard InChI is InChI=1S/C30H21BrN2O2/c31-30-23-7-3-1-5-21(23)25(22-6-2-4-8-24(22)30)26-27(30)29(35)33(28(26)34)20-11-9-18(10-12-20)17-19-13-15-32-16-14-19/h1-16,25-27H,17H2/t25?,26-,27-,30?/m0/s1. The van der Waals surface area contributed by atoms with Gasteiger partial charge in [0.1, 0.15) is 0 Å². The van der Waals surface area contributed by atoms with Gasteiger partial charge in [0.05, 0.1) is 21.8 Å². The van der Waals surface area contributed by atoms with Gasteiger partial charge in [-0.1, -0.05) is 76.6 Å². The van der Waals surface area contributed by atoms with Crippen LogP contribution in [0.5, 0.6) is 0 Å². The molecule has 2 atom stereocenters. The van der Waals surface area contributed by atoms with Crippen LogP contribution in [0.3, 0.4) is 0 Å². The number of carbonyl (C=O) groups is 2. The van der Waals surface area contributed by atoms with Gasteiger partial charge in [0.15, 0.2) is 0 Å².